The van der Waals surface area contributed by atoms with Gasteiger partial charge in [-0.1, -0.05) is 23.8 Å². The molecule has 0 aliphatic rings. The van der Waals surface area contributed by atoms with E-state index >= 15 is 0 Å². The molecule has 0 spiro atoms. The molecule has 0 aliphatic carbocycles. The van der Waals surface area contributed by atoms with E-state index in [1.165, 1.54) is 0 Å². The van der Waals surface area contributed by atoms with E-state index < -0.39 is 12.6 Å². The third-order valence-electron chi connectivity index (χ3n) is 2.26. The van der Waals surface area contributed by atoms with Crippen molar-refractivity contribution in [3.8, 4) is 5.75 Å². The lowest BCUT2D eigenvalue weighted by Crippen LogP contribution is -2.13. The molecule has 1 aromatic rings. The molecule has 0 amide bonds. The minimum atomic E-state index is -4.15. The molecule has 0 bridgehead atoms. The average molecular weight is 277 g/mol. The molecule has 0 saturated carbocycles. The Morgan fingerprint density at radius 1 is 1.39 bits per heavy atom. The molecule has 2 nitrogen and oxygen atoms in total. The van der Waals surface area contributed by atoms with E-state index in [-0.39, 0.29) is 18.0 Å². The highest BCUT2D eigenvalue weighted by molar-refractivity contribution is 7.80. The first kappa shape index (κ1) is 14.8. The molecule has 100 valence electrons. The van der Waals surface area contributed by atoms with E-state index in [1.54, 1.807) is 18.2 Å². The zero-order chi connectivity index (χ0) is 13.8. The summed E-state index contributed by atoms with van der Waals surface area (Å²) in [6.07, 6.45) is -5.10. The van der Waals surface area contributed by atoms with Crippen molar-refractivity contribution in [2.45, 2.75) is 25.9 Å². The van der Waals surface area contributed by atoms with E-state index in [9.17, 15) is 13.2 Å². The highest BCUT2D eigenvalue weighted by Gasteiger charge is 2.26. The number of halogens is 3. The zero-order valence-corrected chi connectivity index (χ0v) is 10.7. The number of nitrogens with two attached hydrogens (primary N) is 1. The summed E-state index contributed by atoms with van der Waals surface area (Å²) < 4.78 is 41.1. The predicted octanol–water partition coefficient (Wildman–Crippen LogP) is 3.35. The van der Waals surface area contributed by atoms with Crippen LogP contribution in [0, 0.1) is 6.92 Å². The van der Waals surface area contributed by atoms with Gasteiger partial charge in [0, 0.05) is 6.42 Å². The molecule has 1 rings (SSSR count). The third kappa shape index (κ3) is 4.91. The molecule has 0 atom stereocenters. The van der Waals surface area contributed by atoms with Crippen molar-refractivity contribution in [3.05, 3.63) is 29.3 Å². The minimum Gasteiger partial charge on any atom is -0.493 e. The number of thiocarbonyl (C=S) groups is 1. The van der Waals surface area contributed by atoms with Gasteiger partial charge in [-0.25, -0.2) is 0 Å². The molecule has 0 aliphatic heterocycles. The molecule has 0 unspecified atom stereocenters. The van der Waals surface area contributed by atoms with Crippen molar-refractivity contribution in [2.24, 2.45) is 5.73 Å². The largest absolute Gasteiger partial charge is 0.493 e. The van der Waals surface area contributed by atoms with E-state index in [2.05, 4.69) is 0 Å². The van der Waals surface area contributed by atoms with Crippen LogP contribution in [0.5, 0.6) is 5.75 Å². The summed E-state index contributed by atoms with van der Waals surface area (Å²) in [5.74, 6) is 0.426. The third-order valence-corrected chi connectivity index (χ3v) is 2.48. The fourth-order valence-electron chi connectivity index (χ4n) is 1.42. The van der Waals surface area contributed by atoms with E-state index in [1.807, 2.05) is 6.92 Å². The number of rotatable bonds is 5. The van der Waals surface area contributed by atoms with E-state index in [4.69, 9.17) is 22.7 Å². The van der Waals surface area contributed by atoms with E-state index in [0.717, 1.165) is 5.56 Å². The Labute approximate surface area is 109 Å². The lowest BCUT2D eigenvalue weighted by Gasteiger charge is -2.12. The maximum atomic E-state index is 11.9. The summed E-state index contributed by atoms with van der Waals surface area (Å²) in [4.78, 5) is 0.171. The van der Waals surface area contributed by atoms with Crippen LogP contribution < -0.4 is 10.5 Å². The Balaban J connectivity index is 2.59. The summed E-state index contributed by atoms with van der Waals surface area (Å²) in [7, 11) is 0. The van der Waals surface area contributed by atoms with Crippen LogP contribution in [-0.4, -0.2) is 17.8 Å². The van der Waals surface area contributed by atoms with Gasteiger partial charge in [-0.2, -0.15) is 13.2 Å². The van der Waals surface area contributed by atoms with Crippen LogP contribution in [0.25, 0.3) is 0 Å². The Bertz CT molecular complexity index is 432. The number of benzene rings is 1. The van der Waals surface area contributed by atoms with Crippen LogP contribution in [0.2, 0.25) is 0 Å². The van der Waals surface area contributed by atoms with Gasteiger partial charge in [0.05, 0.1) is 12.2 Å². The highest BCUT2D eigenvalue weighted by Crippen LogP contribution is 2.23. The molecular weight excluding hydrogens is 263 g/mol. The standard InChI is InChI=1S/C12H14F3NOS/c1-8-3-4-10(9(7-8)11(16)18)17-6-2-5-12(13,14)15/h3-4,7H,2,5-6H2,1H3,(H2,16,18). The van der Waals surface area contributed by atoms with Crippen molar-refractivity contribution in [2.75, 3.05) is 6.61 Å². The number of alkyl halides is 3. The molecule has 18 heavy (non-hydrogen) atoms. The smallest absolute Gasteiger partial charge is 0.389 e. The Kier molecular flexibility index (Phi) is 4.95. The summed E-state index contributed by atoms with van der Waals surface area (Å²) in [5, 5.41) is 0. The van der Waals surface area contributed by atoms with Gasteiger partial charge < -0.3 is 10.5 Å². The minimum absolute atomic E-state index is 0.0157. The van der Waals surface area contributed by atoms with Gasteiger partial charge in [-0.15, -0.1) is 0 Å². The maximum absolute atomic E-state index is 11.9. The van der Waals surface area contributed by atoms with Gasteiger partial charge in [0.2, 0.25) is 0 Å². The SMILES string of the molecule is Cc1ccc(OCCCC(F)(F)F)c(C(N)=S)c1. The second-order valence-corrected chi connectivity index (χ2v) is 4.37. The van der Waals surface area contributed by atoms with Crippen LogP contribution in [-0.2, 0) is 0 Å². The number of ether oxygens (including phenoxy) is 1. The first-order valence-corrected chi connectivity index (χ1v) is 5.80. The molecule has 6 heteroatoms. The summed E-state index contributed by atoms with van der Waals surface area (Å²) in [6, 6.07) is 5.21. The summed E-state index contributed by atoms with van der Waals surface area (Å²) in [6.45, 7) is 1.85. The lowest BCUT2D eigenvalue weighted by atomic mass is 10.1. The topological polar surface area (TPSA) is 35.2 Å². The molecule has 0 radical (unpaired) electrons. The Morgan fingerprint density at radius 3 is 2.61 bits per heavy atom. The summed E-state index contributed by atoms with van der Waals surface area (Å²) in [5.41, 5.74) is 7.04. The molecule has 0 heterocycles. The van der Waals surface area contributed by atoms with Crippen LogP contribution in [0.1, 0.15) is 24.0 Å². The first-order chi connectivity index (χ1) is 8.29. The lowest BCUT2D eigenvalue weighted by molar-refractivity contribution is -0.136. The van der Waals surface area contributed by atoms with Crippen LogP contribution in [0.15, 0.2) is 18.2 Å². The summed E-state index contributed by atoms with van der Waals surface area (Å²) >= 11 is 4.87. The fraction of sp³-hybridized carbons (Fsp3) is 0.417. The highest BCUT2D eigenvalue weighted by atomic mass is 32.1. The Hall–Kier alpha value is -1.30. The van der Waals surface area contributed by atoms with Gasteiger partial charge in [-0.3, -0.25) is 0 Å². The van der Waals surface area contributed by atoms with Crippen LogP contribution >= 0.6 is 12.2 Å². The van der Waals surface area contributed by atoms with Crippen molar-refractivity contribution < 1.29 is 17.9 Å². The zero-order valence-electron chi connectivity index (χ0n) is 9.88. The maximum Gasteiger partial charge on any atom is 0.389 e. The normalized spacial score (nSPS) is 11.3. The molecule has 0 saturated heterocycles. The van der Waals surface area contributed by atoms with Gasteiger partial charge in [-0.05, 0) is 25.5 Å². The number of hydrogen-bond acceptors (Lipinski definition) is 2. The van der Waals surface area contributed by atoms with Gasteiger partial charge in [0.1, 0.15) is 10.7 Å². The number of hydrogen-bond donors (Lipinski definition) is 1. The average Bonchev–Trinajstić information content (AvgIpc) is 2.24. The first-order valence-electron chi connectivity index (χ1n) is 5.39. The predicted molar refractivity (Wildman–Crippen MR) is 67.9 cm³/mol. The van der Waals surface area contributed by atoms with Crippen molar-refractivity contribution in [3.63, 3.8) is 0 Å². The molecule has 0 aromatic heterocycles. The monoisotopic (exact) mass is 277 g/mol. The molecular formula is C12H14F3NOS. The van der Waals surface area contributed by atoms with Gasteiger partial charge >= 0.3 is 6.18 Å². The Morgan fingerprint density at radius 2 is 2.06 bits per heavy atom. The molecule has 1 aromatic carbocycles. The van der Waals surface area contributed by atoms with Crippen LogP contribution in [0.3, 0.4) is 0 Å². The molecule has 0 fully saturated rings. The van der Waals surface area contributed by atoms with Crippen molar-refractivity contribution in [1.29, 1.82) is 0 Å². The number of aryl methyl sites for hydroxylation is 1. The van der Waals surface area contributed by atoms with Gasteiger partial charge in [0.15, 0.2) is 0 Å². The fourth-order valence-corrected chi connectivity index (χ4v) is 1.58. The van der Waals surface area contributed by atoms with Crippen molar-refractivity contribution >= 4 is 17.2 Å². The molecule has 2 N–H and O–H groups in total. The second kappa shape index (κ2) is 6.04. The van der Waals surface area contributed by atoms with E-state index in [0.29, 0.717) is 11.3 Å². The van der Waals surface area contributed by atoms with Crippen molar-refractivity contribution in [1.82, 2.24) is 0 Å². The van der Waals surface area contributed by atoms with Crippen LogP contribution in [0.4, 0.5) is 13.2 Å². The van der Waals surface area contributed by atoms with Gasteiger partial charge in [0.25, 0.3) is 0 Å². The quantitative estimate of drug-likeness (QED) is 0.662. The second-order valence-electron chi connectivity index (χ2n) is 3.93.